The monoisotopic (exact) mass is 436 g/mol. The van der Waals surface area contributed by atoms with Gasteiger partial charge in [-0.05, 0) is 51.1 Å². The Labute approximate surface area is 180 Å². The maximum Gasteiger partial charge on any atom is 0.508 e. The first kappa shape index (κ1) is 22.2. The first-order valence-corrected chi connectivity index (χ1v) is 11.0. The van der Waals surface area contributed by atoms with Crippen LogP contribution in [0, 0.1) is 20.8 Å². The van der Waals surface area contributed by atoms with Crippen molar-refractivity contribution in [1.82, 2.24) is 0 Å². The highest BCUT2D eigenvalue weighted by atomic mass is 31.2. The van der Waals surface area contributed by atoms with Crippen LogP contribution >= 0.6 is 7.60 Å². The maximum absolute atomic E-state index is 13.5. The number of hydrogen-bond donors (Lipinski definition) is 0. The first-order valence-electron chi connectivity index (χ1n) is 9.51. The van der Waals surface area contributed by atoms with Crippen molar-refractivity contribution in [2.45, 2.75) is 20.8 Å². The van der Waals surface area contributed by atoms with Crippen LogP contribution in [0.1, 0.15) is 47.8 Å². The minimum Gasteiger partial charge on any atom is -0.374 e. The second-order valence-corrected chi connectivity index (χ2v) is 8.93. The normalized spacial score (nSPS) is 10.9. The van der Waals surface area contributed by atoms with E-state index in [1.807, 2.05) is 0 Å². The Morgan fingerprint density at radius 1 is 0.613 bits per heavy atom. The number of benzene rings is 3. The standard InChI is InChI=1S/C24H21O6P/c1-16-7-4-10-19(13-16)22(25)29-31(28,24(27)21-12-6-9-18(3)15-21)30-23(26)20-11-5-8-17(2)14-20/h4-15H,1-3H3. The van der Waals surface area contributed by atoms with Gasteiger partial charge in [0, 0.05) is 5.56 Å². The van der Waals surface area contributed by atoms with E-state index in [0.717, 1.165) is 16.7 Å². The van der Waals surface area contributed by atoms with Gasteiger partial charge in [-0.15, -0.1) is 0 Å². The van der Waals surface area contributed by atoms with Gasteiger partial charge in [-0.3, -0.25) is 4.79 Å². The topological polar surface area (TPSA) is 86.7 Å². The van der Waals surface area contributed by atoms with Crippen LogP contribution in [0.25, 0.3) is 0 Å². The fraction of sp³-hybridized carbons (Fsp3) is 0.125. The van der Waals surface area contributed by atoms with Crippen LogP contribution in [-0.4, -0.2) is 17.5 Å². The van der Waals surface area contributed by atoms with Crippen LogP contribution in [0.3, 0.4) is 0 Å². The zero-order valence-corrected chi connectivity index (χ0v) is 18.2. The minimum absolute atomic E-state index is 0.0115. The third kappa shape index (κ3) is 5.36. The van der Waals surface area contributed by atoms with Crippen molar-refractivity contribution in [1.29, 1.82) is 0 Å². The Morgan fingerprint density at radius 3 is 1.35 bits per heavy atom. The molecule has 0 spiro atoms. The van der Waals surface area contributed by atoms with Crippen molar-refractivity contribution >= 4 is 25.1 Å². The maximum atomic E-state index is 13.5. The van der Waals surface area contributed by atoms with Crippen LogP contribution in [0.5, 0.6) is 0 Å². The minimum atomic E-state index is -4.86. The average molecular weight is 436 g/mol. The molecule has 6 nitrogen and oxygen atoms in total. The Bertz CT molecular complexity index is 1150. The first-order chi connectivity index (χ1) is 14.7. The molecule has 0 saturated heterocycles. The highest BCUT2D eigenvalue weighted by molar-refractivity contribution is 7.73. The fourth-order valence-corrected chi connectivity index (χ4v) is 4.21. The molecule has 0 bridgehead atoms. The van der Waals surface area contributed by atoms with E-state index in [1.165, 1.54) is 36.4 Å². The molecule has 158 valence electrons. The van der Waals surface area contributed by atoms with Crippen LogP contribution < -0.4 is 0 Å². The Hall–Kier alpha value is -3.50. The van der Waals surface area contributed by atoms with Crippen molar-refractivity contribution in [2.75, 3.05) is 0 Å². The second-order valence-electron chi connectivity index (χ2n) is 7.17. The van der Waals surface area contributed by atoms with Gasteiger partial charge < -0.3 is 9.05 Å². The highest BCUT2D eigenvalue weighted by Crippen LogP contribution is 2.52. The molecule has 7 heteroatoms. The van der Waals surface area contributed by atoms with Crippen LogP contribution in [-0.2, 0) is 13.6 Å². The summed E-state index contributed by atoms with van der Waals surface area (Å²) in [7, 11) is -4.86. The summed E-state index contributed by atoms with van der Waals surface area (Å²) in [6.45, 7) is 5.29. The molecule has 3 aromatic rings. The smallest absolute Gasteiger partial charge is 0.374 e. The molecule has 0 aliphatic carbocycles. The molecule has 0 saturated carbocycles. The van der Waals surface area contributed by atoms with E-state index >= 15 is 0 Å². The number of rotatable bonds is 6. The summed E-state index contributed by atoms with van der Waals surface area (Å²) in [5, 5.41) is 0. The van der Waals surface area contributed by atoms with E-state index in [0.29, 0.717) is 0 Å². The number of carbonyl (C=O) groups is 3. The van der Waals surface area contributed by atoms with Crippen molar-refractivity contribution < 1.29 is 28.0 Å². The van der Waals surface area contributed by atoms with Gasteiger partial charge in [-0.25, -0.2) is 14.2 Å². The van der Waals surface area contributed by atoms with E-state index in [2.05, 4.69) is 0 Å². The lowest BCUT2D eigenvalue weighted by molar-refractivity contribution is 0.0609. The number of aryl methyl sites for hydroxylation is 3. The summed E-state index contributed by atoms with van der Waals surface area (Å²) in [6, 6.07) is 19.0. The molecule has 0 fully saturated rings. The predicted molar refractivity (Wildman–Crippen MR) is 116 cm³/mol. The lowest BCUT2D eigenvalue weighted by Crippen LogP contribution is -2.16. The van der Waals surface area contributed by atoms with Crippen molar-refractivity contribution in [2.24, 2.45) is 0 Å². The van der Waals surface area contributed by atoms with Gasteiger partial charge in [0.15, 0.2) is 0 Å². The van der Waals surface area contributed by atoms with Crippen LogP contribution in [0.2, 0.25) is 0 Å². The van der Waals surface area contributed by atoms with Crippen molar-refractivity contribution in [3.63, 3.8) is 0 Å². The van der Waals surface area contributed by atoms with Crippen molar-refractivity contribution in [3.8, 4) is 0 Å². The summed E-state index contributed by atoms with van der Waals surface area (Å²) in [5.74, 6) is -2.05. The molecule has 0 amide bonds. The number of carbonyl (C=O) groups excluding carboxylic acids is 3. The molecule has 31 heavy (non-hydrogen) atoms. The molecule has 0 heterocycles. The summed E-state index contributed by atoms with van der Waals surface area (Å²) < 4.78 is 23.7. The molecule has 0 unspecified atom stereocenters. The van der Waals surface area contributed by atoms with Gasteiger partial charge in [0.25, 0.3) is 5.52 Å². The fourth-order valence-electron chi connectivity index (χ4n) is 2.91. The molecule has 0 aromatic heterocycles. The SMILES string of the molecule is Cc1cccc(C(=O)OP(=O)(OC(=O)c2cccc(C)c2)C(=O)c2cccc(C)c2)c1. The van der Waals surface area contributed by atoms with Gasteiger partial charge in [0.05, 0.1) is 11.1 Å². The largest absolute Gasteiger partial charge is 0.508 e. The third-order valence-electron chi connectivity index (χ3n) is 4.43. The Morgan fingerprint density at radius 2 is 0.968 bits per heavy atom. The van der Waals surface area contributed by atoms with E-state index in [1.54, 1.807) is 57.2 Å². The third-order valence-corrected chi connectivity index (χ3v) is 6.00. The number of hydrogen-bond acceptors (Lipinski definition) is 6. The van der Waals surface area contributed by atoms with Gasteiger partial charge in [-0.2, -0.15) is 0 Å². The van der Waals surface area contributed by atoms with Crippen LogP contribution in [0.15, 0.2) is 72.8 Å². The molecule has 0 aliphatic rings. The summed E-state index contributed by atoms with van der Waals surface area (Å²) >= 11 is 0. The Balaban J connectivity index is 1.98. The van der Waals surface area contributed by atoms with E-state index in [-0.39, 0.29) is 16.7 Å². The summed E-state index contributed by atoms with van der Waals surface area (Å²) in [4.78, 5) is 38.4. The molecular weight excluding hydrogens is 415 g/mol. The molecular formula is C24H21O6P. The zero-order valence-electron chi connectivity index (χ0n) is 17.3. The van der Waals surface area contributed by atoms with E-state index in [9.17, 15) is 18.9 Å². The second kappa shape index (κ2) is 9.11. The van der Waals surface area contributed by atoms with Crippen LogP contribution in [0.4, 0.5) is 0 Å². The quantitative estimate of drug-likeness (QED) is 0.464. The molecule has 3 aromatic carbocycles. The van der Waals surface area contributed by atoms with Gasteiger partial charge in [0.1, 0.15) is 0 Å². The molecule has 0 radical (unpaired) electrons. The lowest BCUT2D eigenvalue weighted by Gasteiger charge is -2.17. The zero-order chi connectivity index (χ0) is 22.6. The summed E-state index contributed by atoms with van der Waals surface area (Å²) in [5.41, 5.74) is 1.38. The molecule has 0 N–H and O–H groups in total. The molecule has 3 rings (SSSR count). The predicted octanol–water partition coefficient (Wildman–Crippen LogP) is 5.66. The molecule has 0 atom stereocenters. The lowest BCUT2D eigenvalue weighted by atomic mass is 10.1. The van der Waals surface area contributed by atoms with Gasteiger partial charge in [-0.1, -0.05) is 59.2 Å². The average Bonchev–Trinajstić information content (AvgIpc) is 2.73. The van der Waals surface area contributed by atoms with E-state index < -0.39 is 25.1 Å². The van der Waals surface area contributed by atoms with Crippen molar-refractivity contribution in [3.05, 3.63) is 106 Å². The highest BCUT2D eigenvalue weighted by Gasteiger charge is 2.43. The summed E-state index contributed by atoms with van der Waals surface area (Å²) in [6.07, 6.45) is 0. The van der Waals surface area contributed by atoms with E-state index in [4.69, 9.17) is 9.05 Å². The van der Waals surface area contributed by atoms with Gasteiger partial charge in [0.2, 0.25) is 0 Å². The molecule has 0 aliphatic heterocycles. The Kier molecular flexibility index (Phi) is 6.52. The van der Waals surface area contributed by atoms with Gasteiger partial charge >= 0.3 is 19.5 Å².